The van der Waals surface area contributed by atoms with Gasteiger partial charge in [0.05, 0.1) is 18.2 Å². The van der Waals surface area contributed by atoms with Gasteiger partial charge in [-0.15, -0.1) is 11.3 Å². The van der Waals surface area contributed by atoms with Gasteiger partial charge in [-0.05, 0) is 51.0 Å². The lowest BCUT2D eigenvalue weighted by molar-refractivity contribution is -0.149. The molecular formula is C19H21FN2O3S. The Morgan fingerprint density at radius 2 is 1.92 bits per heavy atom. The van der Waals surface area contributed by atoms with Crippen LogP contribution >= 0.6 is 11.3 Å². The number of aryl methyl sites for hydroxylation is 1. The number of thiazole rings is 1. The smallest absolute Gasteiger partial charge is 0.309 e. The zero-order valence-electron chi connectivity index (χ0n) is 14.8. The number of carbonyl (C=O) groups is 2. The summed E-state index contributed by atoms with van der Waals surface area (Å²) < 4.78 is 18.1. The summed E-state index contributed by atoms with van der Waals surface area (Å²) >= 11 is 1.32. The number of likely N-dealkylation sites (tertiary alicyclic amines) is 1. The Balaban J connectivity index is 1.69. The lowest BCUT2D eigenvalue weighted by Crippen LogP contribution is -2.40. The zero-order chi connectivity index (χ0) is 18.7. The third-order valence-corrected chi connectivity index (χ3v) is 5.68. The van der Waals surface area contributed by atoms with Gasteiger partial charge >= 0.3 is 5.97 Å². The molecular weight excluding hydrogens is 355 g/mol. The van der Waals surface area contributed by atoms with Crippen LogP contribution in [0.25, 0.3) is 10.6 Å². The van der Waals surface area contributed by atoms with Crippen molar-refractivity contribution < 1.29 is 18.7 Å². The summed E-state index contributed by atoms with van der Waals surface area (Å²) in [6, 6.07) is 6.08. The van der Waals surface area contributed by atoms with Crippen LogP contribution in [-0.2, 0) is 9.53 Å². The van der Waals surface area contributed by atoms with Crippen LogP contribution in [0.4, 0.5) is 4.39 Å². The molecule has 0 saturated carbocycles. The number of aromatic nitrogens is 1. The van der Waals surface area contributed by atoms with Crippen molar-refractivity contribution >= 4 is 23.2 Å². The van der Waals surface area contributed by atoms with E-state index in [4.69, 9.17) is 4.74 Å². The average Bonchev–Trinajstić information content (AvgIpc) is 3.04. The number of rotatable bonds is 4. The second kappa shape index (κ2) is 7.95. The fourth-order valence-electron chi connectivity index (χ4n) is 3.03. The molecule has 0 atom stereocenters. The molecule has 2 heterocycles. The van der Waals surface area contributed by atoms with Crippen molar-refractivity contribution in [1.82, 2.24) is 9.88 Å². The van der Waals surface area contributed by atoms with Crippen LogP contribution in [0, 0.1) is 18.7 Å². The van der Waals surface area contributed by atoms with Gasteiger partial charge in [0.1, 0.15) is 15.7 Å². The standard InChI is InChI=1S/C19H21FN2O3S/c1-3-25-19(24)14-8-10-22(11-9-14)18(23)16-12(2)21-17(26-16)13-4-6-15(20)7-5-13/h4-7,14H,3,8-11H2,1-2H3. The minimum atomic E-state index is -0.303. The van der Waals surface area contributed by atoms with E-state index < -0.39 is 0 Å². The molecule has 0 unspecified atom stereocenters. The molecule has 7 heteroatoms. The number of amides is 1. The van der Waals surface area contributed by atoms with E-state index in [0.29, 0.717) is 48.1 Å². The number of esters is 1. The number of nitrogens with zero attached hydrogens (tertiary/aromatic N) is 2. The van der Waals surface area contributed by atoms with E-state index in [9.17, 15) is 14.0 Å². The highest BCUT2D eigenvalue weighted by atomic mass is 32.1. The van der Waals surface area contributed by atoms with Crippen molar-refractivity contribution in [3.8, 4) is 10.6 Å². The summed E-state index contributed by atoms with van der Waals surface area (Å²) in [6.45, 7) is 5.05. The van der Waals surface area contributed by atoms with E-state index in [1.807, 2.05) is 6.92 Å². The molecule has 0 aliphatic carbocycles. The second-order valence-corrected chi connectivity index (χ2v) is 7.26. The monoisotopic (exact) mass is 376 g/mol. The van der Waals surface area contributed by atoms with Crippen LogP contribution < -0.4 is 0 Å². The van der Waals surface area contributed by atoms with Gasteiger partial charge in [0.15, 0.2) is 0 Å². The van der Waals surface area contributed by atoms with E-state index >= 15 is 0 Å². The minimum Gasteiger partial charge on any atom is -0.466 e. The fourth-order valence-corrected chi connectivity index (χ4v) is 4.07. The highest BCUT2D eigenvalue weighted by Crippen LogP contribution is 2.30. The molecule has 138 valence electrons. The first-order valence-electron chi connectivity index (χ1n) is 8.69. The molecule has 3 rings (SSSR count). The molecule has 1 fully saturated rings. The van der Waals surface area contributed by atoms with Crippen LogP contribution in [0.3, 0.4) is 0 Å². The Morgan fingerprint density at radius 3 is 2.54 bits per heavy atom. The SMILES string of the molecule is CCOC(=O)C1CCN(C(=O)c2sc(-c3ccc(F)cc3)nc2C)CC1. The Labute approximate surface area is 155 Å². The third kappa shape index (κ3) is 3.93. The van der Waals surface area contributed by atoms with E-state index in [0.717, 1.165) is 5.56 Å². The number of hydrogen-bond donors (Lipinski definition) is 0. The Morgan fingerprint density at radius 1 is 1.27 bits per heavy atom. The number of piperidine rings is 1. The number of ether oxygens (including phenoxy) is 1. The first kappa shape index (κ1) is 18.5. The molecule has 0 radical (unpaired) electrons. The summed E-state index contributed by atoms with van der Waals surface area (Å²) in [5, 5.41) is 0.701. The molecule has 0 bridgehead atoms. The Hall–Kier alpha value is -2.28. The van der Waals surface area contributed by atoms with Crippen LogP contribution in [-0.4, -0.2) is 41.5 Å². The molecule has 26 heavy (non-hydrogen) atoms. The van der Waals surface area contributed by atoms with Gasteiger partial charge in [0, 0.05) is 18.7 Å². The van der Waals surface area contributed by atoms with Gasteiger partial charge in [-0.3, -0.25) is 9.59 Å². The van der Waals surface area contributed by atoms with Gasteiger partial charge in [0.25, 0.3) is 5.91 Å². The molecule has 1 aromatic heterocycles. The number of benzene rings is 1. The maximum absolute atomic E-state index is 13.1. The van der Waals surface area contributed by atoms with Crippen molar-refractivity contribution in [2.45, 2.75) is 26.7 Å². The van der Waals surface area contributed by atoms with E-state index in [1.165, 1.54) is 23.5 Å². The maximum atomic E-state index is 13.1. The Kier molecular flexibility index (Phi) is 5.66. The van der Waals surface area contributed by atoms with E-state index in [-0.39, 0.29) is 23.6 Å². The molecule has 0 spiro atoms. The average molecular weight is 376 g/mol. The number of hydrogen-bond acceptors (Lipinski definition) is 5. The van der Waals surface area contributed by atoms with Gasteiger partial charge in [-0.2, -0.15) is 0 Å². The largest absolute Gasteiger partial charge is 0.466 e. The fraction of sp³-hybridized carbons (Fsp3) is 0.421. The number of halogens is 1. The van der Waals surface area contributed by atoms with E-state index in [2.05, 4.69) is 4.98 Å². The first-order chi connectivity index (χ1) is 12.5. The number of carbonyl (C=O) groups excluding carboxylic acids is 2. The quantitative estimate of drug-likeness (QED) is 0.764. The minimum absolute atomic E-state index is 0.0596. The first-order valence-corrected chi connectivity index (χ1v) is 9.50. The molecule has 1 aromatic carbocycles. The zero-order valence-corrected chi connectivity index (χ0v) is 15.6. The highest BCUT2D eigenvalue weighted by Gasteiger charge is 2.30. The molecule has 2 aromatic rings. The van der Waals surface area contributed by atoms with Crippen molar-refractivity contribution in [1.29, 1.82) is 0 Å². The topological polar surface area (TPSA) is 59.5 Å². The molecule has 1 aliphatic rings. The van der Waals surface area contributed by atoms with E-state index in [1.54, 1.807) is 24.0 Å². The van der Waals surface area contributed by atoms with Crippen molar-refractivity contribution in [3.05, 3.63) is 40.7 Å². The van der Waals surface area contributed by atoms with Gasteiger partial charge in [-0.1, -0.05) is 0 Å². The normalized spacial score (nSPS) is 15.1. The second-order valence-electron chi connectivity index (χ2n) is 6.26. The molecule has 1 amide bonds. The van der Waals surface area contributed by atoms with Crippen LogP contribution in [0.2, 0.25) is 0 Å². The summed E-state index contributed by atoms with van der Waals surface area (Å²) in [6.07, 6.45) is 1.24. The summed E-state index contributed by atoms with van der Waals surface area (Å²) in [5.41, 5.74) is 1.46. The summed E-state index contributed by atoms with van der Waals surface area (Å²) in [4.78, 5) is 31.5. The molecule has 0 N–H and O–H groups in total. The van der Waals surface area contributed by atoms with Crippen LogP contribution in [0.1, 0.15) is 35.1 Å². The van der Waals surface area contributed by atoms with Crippen molar-refractivity contribution in [3.63, 3.8) is 0 Å². The van der Waals surface area contributed by atoms with Crippen molar-refractivity contribution in [2.24, 2.45) is 5.92 Å². The van der Waals surface area contributed by atoms with Gasteiger partial charge in [0.2, 0.25) is 0 Å². The van der Waals surface area contributed by atoms with Gasteiger partial charge in [-0.25, -0.2) is 9.37 Å². The van der Waals surface area contributed by atoms with Crippen LogP contribution in [0.15, 0.2) is 24.3 Å². The molecule has 5 nitrogen and oxygen atoms in total. The maximum Gasteiger partial charge on any atom is 0.309 e. The van der Waals surface area contributed by atoms with Crippen LogP contribution in [0.5, 0.6) is 0 Å². The molecule has 1 aliphatic heterocycles. The summed E-state index contributed by atoms with van der Waals surface area (Å²) in [7, 11) is 0. The van der Waals surface area contributed by atoms with Gasteiger partial charge < -0.3 is 9.64 Å². The predicted octanol–water partition coefficient (Wildman–Crippen LogP) is 3.67. The lowest BCUT2D eigenvalue weighted by Gasteiger charge is -2.30. The highest BCUT2D eigenvalue weighted by molar-refractivity contribution is 7.17. The summed E-state index contributed by atoms with van der Waals surface area (Å²) in [5.74, 6) is -0.665. The molecule has 1 saturated heterocycles. The van der Waals surface area contributed by atoms with Crippen molar-refractivity contribution in [2.75, 3.05) is 19.7 Å². The lowest BCUT2D eigenvalue weighted by atomic mass is 9.97. The Bertz CT molecular complexity index is 796. The predicted molar refractivity (Wildman–Crippen MR) is 97.5 cm³/mol. The third-order valence-electron chi connectivity index (χ3n) is 4.48.